The van der Waals surface area contributed by atoms with Crippen molar-refractivity contribution in [3.63, 3.8) is 0 Å². The molecule has 0 atom stereocenters. The average Bonchev–Trinajstić information content (AvgIpc) is 3.19. The second kappa shape index (κ2) is 10.5. The zero-order valence-electron chi connectivity index (χ0n) is 18.9. The average molecular weight is 526 g/mol. The Morgan fingerprint density at radius 1 is 1.09 bits per heavy atom. The minimum absolute atomic E-state index is 0.00720. The van der Waals surface area contributed by atoms with Crippen molar-refractivity contribution in [1.29, 1.82) is 0 Å². The van der Waals surface area contributed by atoms with E-state index >= 15 is 0 Å². The summed E-state index contributed by atoms with van der Waals surface area (Å²) in [6, 6.07) is 10.1. The third-order valence-electron chi connectivity index (χ3n) is 6.27. The summed E-state index contributed by atoms with van der Waals surface area (Å²) in [6.07, 6.45) is -1.42. The molecule has 2 aromatic carbocycles. The van der Waals surface area contributed by atoms with Gasteiger partial charge in [0.2, 0.25) is 5.88 Å². The molecule has 0 aliphatic heterocycles. The van der Waals surface area contributed by atoms with Crippen LogP contribution >= 0.6 is 23.2 Å². The fourth-order valence-electron chi connectivity index (χ4n) is 4.33. The quantitative estimate of drug-likeness (QED) is 0.352. The van der Waals surface area contributed by atoms with E-state index in [0.29, 0.717) is 36.2 Å². The molecule has 2 N–H and O–H groups in total. The van der Waals surface area contributed by atoms with Crippen LogP contribution in [0.25, 0.3) is 11.1 Å². The molecule has 0 radical (unpaired) electrons. The largest absolute Gasteiger partial charge is 0.416 e. The molecule has 0 spiro atoms. The highest BCUT2D eigenvalue weighted by molar-refractivity contribution is 6.33. The summed E-state index contributed by atoms with van der Waals surface area (Å²) < 4.78 is 44.5. The molecular weight excluding hydrogens is 502 g/mol. The van der Waals surface area contributed by atoms with Crippen LogP contribution in [0.1, 0.15) is 47.3 Å². The molecule has 0 unspecified atom stereocenters. The number of anilines is 1. The molecule has 1 aliphatic carbocycles. The van der Waals surface area contributed by atoms with Crippen molar-refractivity contribution in [2.45, 2.75) is 44.8 Å². The molecule has 0 saturated heterocycles. The summed E-state index contributed by atoms with van der Waals surface area (Å²) in [7, 11) is 0. The summed E-state index contributed by atoms with van der Waals surface area (Å²) >= 11 is 12.0. The van der Waals surface area contributed by atoms with Crippen LogP contribution in [0, 0.1) is 12.8 Å². The standard InChI is InChI=1S/C25H24Cl2F3N3O2/c1-14-22(16-4-7-18(26)8-5-16)24(35-33-14)31-13-15-2-9-19(10-3-15)32-23(34)20-12-17(25(28,29)30)6-11-21(20)27/h4-8,11-12,15,19,31H,2-3,9-10,13H2,1H3,(H,32,34)/t15-,19-. The Morgan fingerprint density at radius 3 is 2.43 bits per heavy atom. The van der Waals surface area contributed by atoms with E-state index in [1.165, 1.54) is 0 Å². The number of halogens is 5. The van der Waals surface area contributed by atoms with E-state index in [1.54, 1.807) is 0 Å². The number of carbonyl (C=O) groups is 1. The van der Waals surface area contributed by atoms with Crippen LogP contribution < -0.4 is 10.6 Å². The topological polar surface area (TPSA) is 67.2 Å². The van der Waals surface area contributed by atoms with Crippen molar-refractivity contribution in [1.82, 2.24) is 10.5 Å². The third-order valence-corrected chi connectivity index (χ3v) is 6.85. The van der Waals surface area contributed by atoms with Crippen LogP contribution in [-0.4, -0.2) is 23.7 Å². The fraction of sp³-hybridized carbons (Fsp3) is 0.360. The number of aryl methyl sites for hydroxylation is 1. The second-order valence-electron chi connectivity index (χ2n) is 8.74. The Kier molecular flexibility index (Phi) is 7.62. The van der Waals surface area contributed by atoms with Gasteiger partial charge in [-0.05, 0) is 74.4 Å². The number of hydrogen-bond acceptors (Lipinski definition) is 4. The van der Waals surface area contributed by atoms with E-state index in [-0.39, 0.29) is 16.6 Å². The monoisotopic (exact) mass is 525 g/mol. The van der Waals surface area contributed by atoms with Crippen LogP contribution in [-0.2, 0) is 6.18 Å². The summed E-state index contributed by atoms with van der Waals surface area (Å²) in [5, 5.41) is 10.9. The Hall–Kier alpha value is -2.71. The molecule has 1 aliphatic rings. The van der Waals surface area contributed by atoms with Gasteiger partial charge in [-0.1, -0.05) is 40.5 Å². The van der Waals surface area contributed by atoms with Gasteiger partial charge in [-0.2, -0.15) is 13.2 Å². The maximum atomic E-state index is 13.0. The lowest BCUT2D eigenvalue weighted by Crippen LogP contribution is -2.38. The van der Waals surface area contributed by atoms with Crippen molar-refractivity contribution < 1.29 is 22.5 Å². The number of rotatable bonds is 6. The minimum atomic E-state index is -4.54. The SMILES string of the molecule is Cc1noc(NC[C@H]2CC[C@H](NC(=O)c3cc(C(F)(F)F)ccc3Cl)CC2)c1-c1ccc(Cl)cc1. The van der Waals surface area contributed by atoms with Crippen LogP contribution in [0.4, 0.5) is 19.1 Å². The first-order valence-corrected chi connectivity index (χ1v) is 12.0. The van der Waals surface area contributed by atoms with Gasteiger partial charge in [0.05, 0.1) is 27.4 Å². The molecule has 1 amide bonds. The highest BCUT2D eigenvalue weighted by Gasteiger charge is 2.32. The number of alkyl halides is 3. The number of nitrogens with one attached hydrogen (secondary N) is 2. The van der Waals surface area contributed by atoms with Gasteiger partial charge in [0, 0.05) is 17.6 Å². The van der Waals surface area contributed by atoms with Crippen molar-refractivity contribution in [3.05, 3.63) is 69.3 Å². The summed E-state index contributed by atoms with van der Waals surface area (Å²) in [5.41, 5.74) is 1.55. The molecule has 10 heteroatoms. The molecular formula is C25H24Cl2F3N3O2. The number of carbonyl (C=O) groups excluding carboxylic acids is 1. The van der Waals surface area contributed by atoms with Crippen molar-refractivity contribution >= 4 is 35.0 Å². The minimum Gasteiger partial charge on any atom is -0.353 e. The zero-order valence-corrected chi connectivity index (χ0v) is 20.4. The summed E-state index contributed by atoms with van der Waals surface area (Å²) in [5.74, 6) is 0.357. The van der Waals surface area contributed by atoms with E-state index in [1.807, 2.05) is 31.2 Å². The molecule has 0 bridgehead atoms. The molecule has 5 nitrogen and oxygen atoms in total. The number of benzene rings is 2. The predicted molar refractivity (Wildman–Crippen MR) is 130 cm³/mol. The summed E-state index contributed by atoms with van der Waals surface area (Å²) in [4.78, 5) is 12.6. The Morgan fingerprint density at radius 2 is 1.77 bits per heavy atom. The van der Waals surface area contributed by atoms with Crippen LogP contribution in [0.2, 0.25) is 10.0 Å². The van der Waals surface area contributed by atoms with Gasteiger partial charge in [0.15, 0.2) is 0 Å². The third kappa shape index (κ3) is 6.11. The first-order chi connectivity index (χ1) is 16.6. The first kappa shape index (κ1) is 25.4. The van der Waals surface area contributed by atoms with E-state index in [9.17, 15) is 18.0 Å². The Bertz CT molecular complexity index is 1190. The highest BCUT2D eigenvalue weighted by Crippen LogP contribution is 2.34. The van der Waals surface area contributed by atoms with Crippen LogP contribution in [0.3, 0.4) is 0 Å². The van der Waals surface area contributed by atoms with Crippen LogP contribution in [0.5, 0.6) is 0 Å². The van der Waals surface area contributed by atoms with Crippen molar-refractivity contribution in [2.24, 2.45) is 5.92 Å². The predicted octanol–water partition coefficient (Wildman–Crippen LogP) is 7.38. The molecule has 1 aromatic heterocycles. The number of aromatic nitrogens is 1. The number of hydrogen-bond donors (Lipinski definition) is 2. The highest BCUT2D eigenvalue weighted by atomic mass is 35.5. The zero-order chi connectivity index (χ0) is 25.2. The first-order valence-electron chi connectivity index (χ1n) is 11.3. The van der Waals surface area contributed by atoms with E-state index in [4.69, 9.17) is 27.7 Å². The molecule has 1 saturated carbocycles. The molecule has 1 heterocycles. The van der Waals surface area contributed by atoms with E-state index in [0.717, 1.165) is 47.9 Å². The lowest BCUT2D eigenvalue weighted by molar-refractivity contribution is -0.137. The summed E-state index contributed by atoms with van der Waals surface area (Å²) in [6.45, 7) is 2.55. The second-order valence-corrected chi connectivity index (χ2v) is 9.59. The maximum Gasteiger partial charge on any atom is 0.416 e. The lowest BCUT2D eigenvalue weighted by atomic mass is 9.86. The van der Waals surface area contributed by atoms with Gasteiger partial charge >= 0.3 is 6.18 Å². The fourth-order valence-corrected chi connectivity index (χ4v) is 4.66. The van der Waals surface area contributed by atoms with Gasteiger partial charge < -0.3 is 15.2 Å². The van der Waals surface area contributed by atoms with E-state index < -0.39 is 17.6 Å². The van der Waals surface area contributed by atoms with Crippen molar-refractivity contribution in [2.75, 3.05) is 11.9 Å². The molecule has 1 fully saturated rings. The number of nitrogens with zero attached hydrogens (tertiary/aromatic N) is 1. The smallest absolute Gasteiger partial charge is 0.353 e. The number of amides is 1. The normalized spacial score (nSPS) is 18.3. The molecule has 4 rings (SSSR count). The molecule has 186 valence electrons. The Balaban J connectivity index is 1.31. The lowest BCUT2D eigenvalue weighted by Gasteiger charge is -2.29. The van der Waals surface area contributed by atoms with Gasteiger partial charge in [-0.15, -0.1) is 0 Å². The van der Waals surface area contributed by atoms with Crippen molar-refractivity contribution in [3.8, 4) is 11.1 Å². The van der Waals surface area contributed by atoms with Gasteiger partial charge in [0.25, 0.3) is 5.91 Å². The van der Waals surface area contributed by atoms with Gasteiger partial charge in [0.1, 0.15) is 0 Å². The maximum absolute atomic E-state index is 13.0. The van der Waals surface area contributed by atoms with Gasteiger partial charge in [-0.25, -0.2) is 0 Å². The van der Waals surface area contributed by atoms with E-state index in [2.05, 4.69) is 15.8 Å². The van der Waals surface area contributed by atoms with Crippen LogP contribution in [0.15, 0.2) is 47.0 Å². The molecule has 3 aromatic rings. The molecule has 35 heavy (non-hydrogen) atoms. The van der Waals surface area contributed by atoms with Gasteiger partial charge in [-0.3, -0.25) is 4.79 Å². The Labute approximate surface area is 211 Å².